The van der Waals surface area contributed by atoms with Crippen LogP contribution in [0, 0.1) is 0 Å². The van der Waals surface area contributed by atoms with Crippen LogP contribution in [0.2, 0.25) is 5.02 Å². The number of carbonyl (C=O) groups is 1. The predicted octanol–water partition coefficient (Wildman–Crippen LogP) is 3.75. The second-order valence-corrected chi connectivity index (χ2v) is 5.43. The Morgan fingerprint density at radius 1 is 1.50 bits per heavy atom. The predicted molar refractivity (Wildman–Crippen MR) is 77.1 cm³/mol. The van der Waals surface area contributed by atoms with Crippen LogP contribution in [0.4, 0.5) is 5.69 Å². The normalized spacial score (nSPS) is 12.2. The lowest BCUT2D eigenvalue weighted by molar-refractivity contribution is -0.142. The first-order chi connectivity index (χ1) is 8.60. The molecular weight excluding hydrogens is 270 g/mol. The van der Waals surface area contributed by atoms with Gasteiger partial charge in [0.15, 0.2) is 0 Å². The third-order valence-electron chi connectivity index (χ3n) is 2.36. The first kappa shape index (κ1) is 15.2. The molecule has 0 spiro atoms. The van der Waals surface area contributed by atoms with Gasteiger partial charge in [-0.05, 0) is 25.5 Å². The Morgan fingerprint density at radius 2 is 2.22 bits per heavy atom. The molecule has 0 amide bonds. The van der Waals surface area contributed by atoms with Crippen LogP contribution in [0.5, 0.6) is 0 Å². The summed E-state index contributed by atoms with van der Waals surface area (Å²) in [6.07, 6.45) is 1.65. The minimum absolute atomic E-state index is 0.205. The topological polar surface area (TPSA) is 52.3 Å². The molecule has 0 aliphatic heterocycles. The molecule has 1 unspecified atom stereocenters. The van der Waals surface area contributed by atoms with Gasteiger partial charge < -0.3 is 10.5 Å². The molecule has 1 aromatic carbocycles. The van der Waals surface area contributed by atoms with Crippen molar-refractivity contribution >= 4 is 35.0 Å². The largest absolute Gasteiger partial charge is 0.465 e. The van der Waals surface area contributed by atoms with Gasteiger partial charge in [0.25, 0.3) is 0 Å². The van der Waals surface area contributed by atoms with Crippen LogP contribution in [0.25, 0.3) is 0 Å². The highest BCUT2D eigenvalue weighted by Gasteiger charge is 2.22. The molecule has 0 aliphatic rings. The van der Waals surface area contributed by atoms with Gasteiger partial charge in [-0.2, -0.15) is 0 Å². The Balaban J connectivity index is 2.86. The fourth-order valence-electron chi connectivity index (χ4n) is 1.51. The Labute approximate surface area is 117 Å². The summed E-state index contributed by atoms with van der Waals surface area (Å²) in [7, 11) is 0. The number of nitrogens with two attached hydrogens (primary N) is 1. The van der Waals surface area contributed by atoms with Crippen molar-refractivity contribution in [1.82, 2.24) is 0 Å². The van der Waals surface area contributed by atoms with E-state index in [4.69, 9.17) is 22.1 Å². The van der Waals surface area contributed by atoms with Crippen LogP contribution in [-0.4, -0.2) is 17.8 Å². The molecule has 0 bridgehead atoms. The highest BCUT2D eigenvalue weighted by Crippen LogP contribution is 2.36. The molecule has 0 radical (unpaired) electrons. The Kier molecular flexibility index (Phi) is 6.36. The number of halogens is 1. The minimum Gasteiger partial charge on any atom is -0.465 e. The summed E-state index contributed by atoms with van der Waals surface area (Å²) in [5.74, 6) is -0.205. The second kappa shape index (κ2) is 7.54. The zero-order chi connectivity index (χ0) is 13.5. The molecule has 2 N–H and O–H groups in total. The molecular formula is C13H18ClNO2S. The number of carbonyl (C=O) groups excluding carboxylic acids is 1. The summed E-state index contributed by atoms with van der Waals surface area (Å²) >= 11 is 7.49. The molecule has 0 aliphatic carbocycles. The zero-order valence-corrected chi connectivity index (χ0v) is 12.2. The van der Waals surface area contributed by atoms with Gasteiger partial charge in [0.05, 0.1) is 11.6 Å². The molecule has 0 heterocycles. The molecule has 0 aromatic heterocycles. The number of benzene rings is 1. The number of hydrogen-bond acceptors (Lipinski definition) is 4. The zero-order valence-electron chi connectivity index (χ0n) is 10.6. The molecule has 1 rings (SSSR count). The molecule has 100 valence electrons. The molecule has 0 saturated carbocycles. The Morgan fingerprint density at radius 3 is 2.78 bits per heavy atom. The lowest BCUT2D eigenvalue weighted by Gasteiger charge is -2.16. The van der Waals surface area contributed by atoms with E-state index < -0.39 is 0 Å². The standard InChI is InChI=1S/C13H18ClNO2S/c1-3-6-11(13(16)17-4-2)18-12-9(14)7-5-8-10(12)15/h5,7-8,11H,3-4,6,15H2,1-2H3. The van der Waals surface area contributed by atoms with E-state index in [-0.39, 0.29) is 11.2 Å². The Hall–Kier alpha value is -0.870. The lowest BCUT2D eigenvalue weighted by Crippen LogP contribution is -2.20. The van der Waals surface area contributed by atoms with Gasteiger partial charge >= 0.3 is 5.97 Å². The van der Waals surface area contributed by atoms with Crippen molar-refractivity contribution in [2.45, 2.75) is 36.8 Å². The lowest BCUT2D eigenvalue weighted by atomic mass is 10.2. The highest BCUT2D eigenvalue weighted by molar-refractivity contribution is 8.00. The van der Waals surface area contributed by atoms with E-state index in [1.54, 1.807) is 25.1 Å². The molecule has 0 fully saturated rings. The minimum atomic E-state index is -0.253. The molecule has 3 nitrogen and oxygen atoms in total. The van der Waals surface area contributed by atoms with Crippen molar-refractivity contribution in [2.75, 3.05) is 12.3 Å². The van der Waals surface area contributed by atoms with Gasteiger partial charge in [0.2, 0.25) is 0 Å². The smallest absolute Gasteiger partial charge is 0.319 e. The summed E-state index contributed by atoms with van der Waals surface area (Å²) in [5, 5.41) is 0.322. The van der Waals surface area contributed by atoms with Crippen molar-refractivity contribution < 1.29 is 9.53 Å². The quantitative estimate of drug-likeness (QED) is 0.492. The number of esters is 1. The number of anilines is 1. The first-order valence-electron chi connectivity index (χ1n) is 5.97. The maximum absolute atomic E-state index is 11.8. The Bertz CT molecular complexity index is 392. The van der Waals surface area contributed by atoms with Gasteiger partial charge in [0, 0.05) is 10.6 Å². The van der Waals surface area contributed by atoms with E-state index in [0.29, 0.717) is 17.3 Å². The number of hydrogen-bond donors (Lipinski definition) is 1. The molecule has 18 heavy (non-hydrogen) atoms. The van der Waals surface area contributed by atoms with E-state index in [2.05, 4.69) is 0 Å². The van der Waals surface area contributed by atoms with E-state index >= 15 is 0 Å². The van der Waals surface area contributed by atoms with Crippen molar-refractivity contribution in [1.29, 1.82) is 0 Å². The van der Waals surface area contributed by atoms with E-state index in [1.807, 2.05) is 6.92 Å². The SMILES string of the molecule is CCCC(Sc1c(N)cccc1Cl)C(=O)OCC. The van der Waals surface area contributed by atoms with Crippen molar-refractivity contribution in [3.05, 3.63) is 23.2 Å². The molecule has 1 atom stereocenters. The average Bonchev–Trinajstić information content (AvgIpc) is 2.33. The summed E-state index contributed by atoms with van der Waals surface area (Å²) in [6, 6.07) is 5.34. The number of rotatable bonds is 6. The van der Waals surface area contributed by atoms with Crippen molar-refractivity contribution in [2.24, 2.45) is 0 Å². The summed E-state index contributed by atoms with van der Waals surface area (Å²) in [6.45, 7) is 4.22. The molecule has 0 saturated heterocycles. The van der Waals surface area contributed by atoms with Crippen molar-refractivity contribution in [3.8, 4) is 0 Å². The second-order valence-electron chi connectivity index (χ2n) is 3.81. The summed E-state index contributed by atoms with van der Waals surface area (Å²) < 4.78 is 5.06. The van der Waals surface area contributed by atoms with Gasteiger partial charge in [-0.1, -0.05) is 31.0 Å². The fraction of sp³-hybridized carbons (Fsp3) is 0.462. The molecule has 5 heteroatoms. The van der Waals surface area contributed by atoms with E-state index in [1.165, 1.54) is 11.8 Å². The monoisotopic (exact) mass is 287 g/mol. The number of ether oxygens (including phenoxy) is 1. The van der Waals surface area contributed by atoms with Crippen LogP contribution >= 0.6 is 23.4 Å². The highest BCUT2D eigenvalue weighted by atomic mass is 35.5. The third kappa shape index (κ3) is 4.10. The van der Waals surface area contributed by atoms with E-state index in [0.717, 1.165) is 17.7 Å². The number of thioether (sulfide) groups is 1. The van der Waals surface area contributed by atoms with Gasteiger partial charge in [0.1, 0.15) is 5.25 Å². The van der Waals surface area contributed by atoms with Crippen LogP contribution in [0.15, 0.2) is 23.1 Å². The van der Waals surface area contributed by atoms with Crippen LogP contribution in [0.3, 0.4) is 0 Å². The summed E-state index contributed by atoms with van der Waals surface area (Å²) in [4.78, 5) is 12.6. The van der Waals surface area contributed by atoms with Gasteiger partial charge in [-0.3, -0.25) is 4.79 Å². The van der Waals surface area contributed by atoms with Gasteiger partial charge in [-0.25, -0.2) is 0 Å². The van der Waals surface area contributed by atoms with E-state index in [9.17, 15) is 4.79 Å². The van der Waals surface area contributed by atoms with Crippen LogP contribution < -0.4 is 5.73 Å². The maximum atomic E-state index is 11.8. The number of nitrogen functional groups attached to an aromatic ring is 1. The average molecular weight is 288 g/mol. The maximum Gasteiger partial charge on any atom is 0.319 e. The van der Waals surface area contributed by atoms with Gasteiger partial charge in [-0.15, -0.1) is 11.8 Å². The van der Waals surface area contributed by atoms with Crippen LogP contribution in [-0.2, 0) is 9.53 Å². The third-order valence-corrected chi connectivity index (χ3v) is 4.19. The van der Waals surface area contributed by atoms with Crippen molar-refractivity contribution in [3.63, 3.8) is 0 Å². The van der Waals surface area contributed by atoms with Crippen LogP contribution in [0.1, 0.15) is 26.7 Å². The molecule has 1 aromatic rings. The summed E-state index contributed by atoms with van der Waals surface area (Å²) in [5.41, 5.74) is 6.48. The first-order valence-corrected chi connectivity index (χ1v) is 7.23. The fourth-order valence-corrected chi connectivity index (χ4v) is 3.02.